The summed E-state index contributed by atoms with van der Waals surface area (Å²) in [5.41, 5.74) is 5.28. The highest BCUT2D eigenvalue weighted by atomic mass is 31.2. The van der Waals surface area contributed by atoms with Crippen LogP contribution in [-0.2, 0) is 9.36 Å². The van der Waals surface area contributed by atoms with Gasteiger partial charge < -0.3 is 26.1 Å². The predicted molar refractivity (Wildman–Crippen MR) is 59.2 cm³/mol. The van der Waals surface area contributed by atoms with Crippen LogP contribution < -0.4 is 5.73 Å². The van der Waals surface area contributed by atoms with E-state index in [0.717, 1.165) is 6.42 Å². The zero-order valence-electron chi connectivity index (χ0n) is 9.00. The quantitative estimate of drug-likeness (QED) is 0.346. The van der Waals surface area contributed by atoms with Crippen molar-refractivity contribution in [3.05, 3.63) is 0 Å². The summed E-state index contributed by atoms with van der Waals surface area (Å²) in [6, 6.07) is -0.827. The first-order valence-electron chi connectivity index (χ1n) is 4.86. The molecule has 98 valence electrons. The first-order chi connectivity index (χ1) is 6.83. The molecular weight excluding hydrogens is 237 g/mol. The second-order valence-electron chi connectivity index (χ2n) is 3.54. The zero-order valence-corrected chi connectivity index (χ0v) is 9.90. The van der Waals surface area contributed by atoms with E-state index in [1.807, 2.05) is 0 Å². The monoisotopic (exact) mass is 257 g/mol. The van der Waals surface area contributed by atoms with Gasteiger partial charge in [-0.05, 0) is 12.8 Å². The molecule has 1 atom stereocenters. The number of hydrogen-bond donors (Lipinski definition) is 4. The van der Waals surface area contributed by atoms with Gasteiger partial charge in [-0.25, -0.2) is 0 Å². The third kappa shape index (κ3) is 11.6. The van der Waals surface area contributed by atoms with Gasteiger partial charge in [0.15, 0.2) is 0 Å². The van der Waals surface area contributed by atoms with Crippen molar-refractivity contribution in [2.45, 2.75) is 38.1 Å². The number of rotatable bonds is 8. The summed E-state index contributed by atoms with van der Waals surface area (Å²) in [6.07, 6.45) is 2.89. The topological polar surface area (TPSA) is 152 Å². The number of unbranched alkanes of at least 4 members (excludes halogenated alkanes) is 3. The van der Waals surface area contributed by atoms with Crippen molar-refractivity contribution in [1.29, 1.82) is 0 Å². The van der Waals surface area contributed by atoms with Gasteiger partial charge in [-0.1, -0.05) is 19.3 Å². The summed E-state index contributed by atoms with van der Waals surface area (Å²) >= 11 is 0. The van der Waals surface area contributed by atoms with E-state index in [0.29, 0.717) is 25.7 Å². The summed E-state index contributed by atoms with van der Waals surface area (Å²) in [4.78, 5) is 27.4. The van der Waals surface area contributed by atoms with Gasteiger partial charge in [0.2, 0.25) is 0 Å². The second-order valence-corrected chi connectivity index (χ2v) is 5.31. The minimum Gasteiger partial charge on any atom is -0.480 e. The van der Waals surface area contributed by atoms with Crippen molar-refractivity contribution < 1.29 is 29.7 Å². The molecule has 0 aromatic heterocycles. The molecular formula is C8H20NO6P. The number of nitrogens with two attached hydrogens (primary N) is 1. The molecule has 0 heterocycles. The van der Waals surface area contributed by atoms with E-state index in [4.69, 9.17) is 20.6 Å². The van der Waals surface area contributed by atoms with Crippen LogP contribution in [0.1, 0.15) is 32.1 Å². The molecule has 0 amide bonds. The van der Waals surface area contributed by atoms with E-state index >= 15 is 0 Å². The van der Waals surface area contributed by atoms with Gasteiger partial charge in [0, 0.05) is 6.16 Å². The Morgan fingerprint density at radius 2 is 1.69 bits per heavy atom. The Kier molecular flexibility index (Phi) is 9.70. The molecule has 0 spiro atoms. The van der Waals surface area contributed by atoms with Gasteiger partial charge >= 0.3 is 13.6 Å². The smallest absolute Gasteiger partial charge is 0.325 e. The number of aliphatic carboxylic acids is 1. The van der Waals surface area contributed by atoms with Gasteiger partial charge in [-0.15, -0.1) is 0 Å². The molecule has 0 aromatic carbocycles. The standard InChI is InChI=1S/C8H18NO5P.H2O/c9-7(8(10)11)5-3-1-2-4-6-15(12,13)14;/h7H,1-6,9H2,(H,10,11)(H2,12,13,14);1H2/t7-;/m0./s1. The van der Waals surface area contributed by atoms with Gasteiger partial charge in [0.05, 0.1) is 0 Å². The Labute approximate surface area is 94.1 Å². The number of carboxylic acid groups (broad SMARTS) is 1. The van der Waals surface area contributed by atoms with Gasteiger partial charge in [0.1, 0.15) is 6.04 Å². The molecule has 0 unspecified atom stereocenters. The van der Waals surface area contributed by atoms with E-state index in [2.05, 4.69) is 0 Å². The lowest BCUT2D eigenvalue weighted by Crippen LogP contribution is -2.29. The van der Waals surface area contributed by atoms with E-state index in [-0.39, 0.29) is 11.6 Å². The van der Waals surface area contributed by atoms with Crippen molar-refractivity contribution in [3.63, 3.8) is 0 Å². The summed E-state index contributed by atoms with van der Waals surface area (Å²) in [5.74, 6) is -1.01. The molecule has 0 saturated heterocycles. The highest BCUT2D eigenvalue weighted by Crippen LogP contribution is 2.35. The second kappa shape index (κ2) is 8.66. The van der Waals surface area contributed by atoms with Crippen molar-refractivity contribution in [2.24, 2.45) is 5.73 Å². The minimum absolute atomic E-state index is 0. The normalized spacial score (nSPS) is 12.9. The Hall–Kier alpha value is -0.460. The van der Waals surface area contributed by atoms with E-state index in [1.165, 1.54) is 0 Å². The van der Waals surface area contributed by atoms with Crippen LogP contribution in [-0.4, -0.2) is 38.5 Å². The first-order valence-corrected chi connectivity index (χ1v) is 6.65. The third-order valence-electron chi connectivity index (χ3n) is 2.03. The molecule has 0 aliphatic carbocycles. The maximum absolute atomic E-state index is 10.5. The molecule has 0 saturated carbocycles. The maximum atomic E-state index is 10.5. The maximum Gasteiger partial charge on any atom is 0.325 e. The minimum atomic E-state index is -3.87. The first kappa shape index (κ1) is 17.9. The summed E-state index contributed by atoms with van der Waals surface area (Å²) in [5, 5.41) is 8.46. The molecule has 0 aromatic rings. The van der Waals surface area contributed by atoms with Crippen molar-refractivity contribution in [3.8, 4) is 0 Å². The highest BCUT2D eigenvalue weighted by molar-refractivity contribution is 7.51. The molecule has 0 fully saturated rings. The van der Waals surface area contributed by atoms with E-state index in [1.54, 1.807) is 0 Å². The van der Waals surface area contributed by atoms with Gasteiger partial charge in [0.25, 0.3) is 0 Å². The van der Waals surface area contributed by atoms with Crippen molar-refractivity contribution >= 4 is 13.6 Å². The summed E-state index contributed by atoms with van der Waals surface area (Å²) in [7, 11) is -3.87. The van der Waals surface area contributed by atoms with Crippen LogP contribution in [0, 0.1) is 0 Å². The average molecular weight is 257 g/mol. The fraction of sp³-hybridized carbons (Fsp3) is 0.875. The van der Waals surface area contributed by atoms with Crippen molar-refractivity contribution in [2.75, 3.05) is 6.16 Å². The SMILES string of the molecule is N[C@@H](CCCCCCP(=O)(O)O)C(=O)O.O. The lowest BCUT2D eigenvalue weighted by atomic mass is 10.1. The fourth-order valence-electron chi connectivity index (χ4n) is 1.16. The van der Waals surface area contributed by atoms with Crippen LogP contribution in [0.3, 0.4) is 0 Å². The predicted octanol–water partition coefficient (Wildman–Crippen LogP) is -0.298. The van der Waals surface area contributed by atoms with Crippen molar-refractivity contribution in [1.82, 2.24) is 0 Å². The largest absolute Gasteiger partial charge is 0.480 e. The highest BCUT2D eigenvalue weighted by Gasteiger charge is 2.12. The summed E-state index contributed by atoms with van der Waals surface area (Å²) < 4.78 is 10.5. The van der Waals surface area contributed by atoms with Gasteiger partial charge in [-0.2, -0.15) is 0 Å². The number of hydrogen-bond acceptors (Lipinski definition) is 3. The molecule has 7 N–H and O–H groups in total. The van der Waals surface area contributed by atoms with Crippen LogP contribution in [0.25, 0.3) is 0 Å². The fourth-order valence-corrected chi connectivity index (χ4v) is 1.79. The Morgan fingerprint density at radius 3 is 2.12 bits per heavy atom. The number of carboxylic acids is 1. The van der Waals surface area contributed by atoms with Crippen LogP contribution in [0.2, 0.25) is 0 Å². The number of carbonyl (C=O) groups is 1. The van der Waals surface area contributed by atoms with E-state index < -0.39 is 19.6 Å². The lowest BCUT2D eigenvalue weighted by Gasteiger charge is -2.06. The van der Waals surface area contributed by atoms with Crippen LogP contribution >= 0.6 is 7.60 Å². The molecule has 16 heavy (non-hydrogen) atoms. The van der Waals surface area contributed by atoms with Gasteiger partial charge in [-0.3, -0.25) is 9.36 Å². The Morgan fingerprint density at radius 1 is 1.19 bits per heavy atom. The van der Waals surface area contributed by atoms with Crippen LogP contribution in [0.15, 0.2) is 0 Å². The van der Waals surface area contributed by atoms with E-state index in [9.17, 15) is 9.36 Å². The lowest BCUT2D eigenvalue weighted by molar-refractivity contribution is -0.138. The summed E-state index contributed by atoms with van der Waals surface area (Å²) in [6.45, 7) is 0. The molecule has 7 nitrogen and oxygen atoms in total. The molecule has 0 aliphatic rings. The van der Waals surface area contributed by atoms with Crippen LogP contribution in [0.4, 0.5) is 0 Å². The molecule has 0 bridgehead atoms. The zero-order chi connectivity index (χ0) is 11.9. The third-order valence-corrected chi connectivity index (χ3v) is 2.93. The molecule has 8 heteroatoms. The Balaban J connectivity index is 0. The average Bonchev–Trinajstić information content (AvgIpc) is 2.08. The molecule has 0 radical (unpaired) electrons. The Bertz CT molecular complexity index is 241. The molecule has 0 aliphatic heterocycles. The van der Waals surface area contributed by atoms with Crippen LogP contribution in [0.5, 0.6) is 0 Å². The molecule has 0 rings (SSSR count).